The molecule has 0 aromatic carbocycles. The molecule has 2 aromatic rings. The minimum atomic E-state index is -0.722. The van der Waals surface area contributed by atoms with Crippen LogP contribution in [0.4, 0.5) is 26.9 Å². The third-order valence-corrected chi connectivity index (χ3v) is 4.42. The minimum absolute atomic E-state index is 0.318. The highest BCUT2D eigenvalue weighted by molar-refractivity contribution is 5.98. The summed E-state index contributed by atoms with van der Waals surface area (Å²) in [5.41, 5.74) is 0.630. The Morgan fingerprint density at radius 2 is 1.44 bits per heavy atom. The average Bonchev–Trinajstić information content (AvgIpc) is 2.56. The molecule has 0 atom stereocenters. The molecule has 1 N–H and O–H groups in total. The number of carbonyl (C=O) groups is 2. The van der Waals surface area contributed by atoms with Gasteiger partial charge in [-0.2, -0.15) is 0 Å². The van der Waals surface area contributed by atoms with Gasteiger partial charge in [0.25, 0.3) is 0 Å². The molecule has 2 heterocycles. The largest absolute Gasteiger partial charge is 0.444 e. The molecule has 0 bridgehead atoms. The number of nitrogens with zero attached hydrogens (tertiary/aromatic N) is 3. The Labute approximate surface area is 203 Å². The quantitative estimate of drug-likeness (QED) is 0.529. The fraction of sp³-hybridized carbons (Fsp3) is 0.538. The fourth-order valence-corrected chi connectivity index (χ4v) is 3.34. The van der Waals surface area contributed by atoms with E-state index in [4.69, 9.17) is 9.47 Å². The van der Waals surface area contributed by atoms with Gasteiger partial charge in [-0.05, 0) is 79.0 Å². The first-order chi connectivity index (χ1) is 15.4. The van der Waals surface area contributed by atoms with E-state index in [0.717, 1.165) is 5.69 Å². The van der Waals surface area contributed by atoms with Crippen LogP contribution in [0.5, 0.6) is 0 Å². The zero-order valence-electron chi connectivity index (χ0n) is 22.3. The van der Waals surface area contributed by atoms with Crippen LogP contribution in [0, 0.1) is 13.8 Å². The number of aryl methyl sites for hydroxylation is 2. The lowest BCUT2D eigenvalue weighted by Gasteiger charge is -2.33. The zero-order valence-corrected chi connectivity index (χ0v) is 22.3. The van der Waals surface area contributed by atoms with Crippen molar-refractivity contribution in [2.24, 2.45) is 0 Å². The molecule has 0 saturated heterocycles. The molecule has 0 fully saturated rings. The highest BCUT2D eigenvalue weighted by Crippen LogP contribution is 2.40. The molecule has 0 aliphatic heterocycles. The van der Waals surface area contributed by atoms with E-state index in [1.807, 2.05) is 60.6 Å². The van der Waals surface area contributed by atoms with Crippen molar-refractivity contribution in [3.63, 3.8) is 0 Å². The van der Waals surface area contributed by atoms with Crippen LogP contribution >= 0.6 is 0 Å². The molecule has 2 amide bonds. The Bertz CT molecular complexity index is 1060. The summed E-state index contributed by atoms with van der Waals surface area (Å²) in [5.74, 6) is 0.728. The van der Waals surface area contributed by atoms with Gasteiger partial charge in [-0.25, -0.2) is 24.5 Å². The molecule has 2 rings (SSSR count). The molecule has 34 heavy (non-hydrogen) atoms. The third-order valence-electron chi connectivity index (χ3n) is 4.42. The van der Waals surface area contributed by atoms with Gasteiger partial charge in [-0.15, -0.1) is 0 Å². The molecule has 2 aromatic heterocycles. The van der Waals surface area contributed by atoms with Gasteiger partial charge in [0.05, 0.1) is 5.69 Å². The SMILES string of the molecule is Cc1cccc(N(C(=O)OC(C)(C)C)c2cc(C)nc(NC(=O)OC(C)(C)C)c2C(C)(C)C)n1. The Balaban J connectivity index is 2.78. The lowest BCUT2D eigenvalue weighted by atomic mass is 9.85. The van der Waals surface area contributed by atoms with Gasteiger partial charge in [0.15, 0.2) is 0 Å². The third kappa shape index (κ3) is 7.43. The summed E-state index contributed by atoms with van der Waals surface area (Å²) in [6, 6.07) is 7.24. The van der Waals surface area contributed by atoms with E-state index in [0.29, 0.717) is 28.6 Å². The van der Waals surface area contributed by atoms with E-state index in [1.54, 1.807) is 39.8 Å². The molecule has 0 unspecified atom stereocenters. The van der Waals surface area contributed by atoms with Crippen LogP contribution in [0.25, 0.3) is 0 Å². The Kier molecular flexibility index (Phi) is 7.65. The standard InChI is InChI=1S/C26H38N4O4/c1-16-13-12-14-19(27-16)30(23(32)34-26(9,10)11)18-15-17(2)28-21(20(18)24(3,4)5)29-22(31)33-25(6,7)8/h12-15H,1-11H3,(H,28,29,31). The van der Waals surface area contributed by atoms with Crippen LogP contribution < -0.4 is 10.2 Å². The maximum atomic E-state index is 13.5. The van der Waals surface area contributed by atoms with Crippen LogP contribution in [0.3, 0.4) is 0 Å². The predicted molar refractivity (Wildman–Crippen MR) is 135 cm³/mol. The van der Waals surface area contributed by atoms with Crippen molar-refractivity contribution in [2.45, 2.75) is 92.8 Å². The van der Waals surface area contributed by atoms with Crippen molar-refractivity contribution < 1.29 is 19.1 Å². The smallest absolute Gasteiger partial charge is 0.420 e. The van der Waals surface area contributed by atoms with E-state index < -0.39 is 28.8 Å². The van der Waals surface area contributed by atoms with Crippen molar-refractivity contribution >= 4 is 29.5 Å². The molecule has 8 nitrogen and oxygen atoms in total. The number of nitrogens with one attached hydrogen (secondary N) is 1. The molecular formula is C26H38N4O4. The van der Waals surface area contributed by atoms with Crippen molar-refractivity contribution in [3.05, 3.63) is 41.2 Å². The van der Waals surface area contributed by atoms with E-state index >= 15 is 0 Å². The fourth-order valence-electron chi connectivity index (χ4n) is 3.34. The molecule has 0 spiro atoms. The average molecular weight is 471 g/mol. The van der Waals surface area contributed by atoms with Gasteiger partial charge in [0, 0.05) is 17.0 Å². The van der Waals surface area contributed by atoms with E-state index in [1.165, 1.54) is 4.90 Å². The lowest BCUT2D eigenvalue weighted by Crippen LogP contribution is -2.36. The summed E-state index contributed by atoms with van der Waals surface area (Å²) in [5, 5.41) is 2.79. The topological polar surface area (TPSA) is 93.7 Å². The van der Waals surface area contributed by atoms with Gasteiger partial charge < -0.3 is 9.47 Å². The number of pyridine rings is 2. The molecule has 0 radical (unpaired) electrons. The number of ether oxygens (including phenoxy) is 2. The van der Waals surface area contributed by atoms with Gasteiger partial charge in [-0.1, -0.05) is 26.8 Å². The molecule has 0 aliphatic rings. The van der Waals surface area contributed by atoms with Crippen LogP contribution in [0.15, 0.2) is 24.3 Å². The first kappa shape index (κ1) is 27.1. The monoisotopic (exact) mass is 470 g/mol. The molecule has 186 valence electrons. The summed E-state index contributed by atoms with van der Waals surface area (Å²) in [6.45, 7) is 20.4. The van der Waals surface area contributed by atoms with E-state index in [2.05, 4.69) is 15.3 Å². The number of hydrogen-bond donors (Lipinski definition) is 1. The second-order valence-electron chi connectivity index (χ2n) is 11.3. The predicted octanol–water partition coefficient (Wildman–Crippen LogP) is 6.81. The Morgan fingerprint density at radius 1 is 0.853 bits per heavy atom. The molecule has 0 saturated carbocycles. The summed E-state index contributed by atoms with van der Waals surface area (Å²) in [4.78, 5) is 36.8. The number of amides is 2. The van der Waals surface area contributed by atoms with Crippen LogP contribution in [-0.2, 0) is 14.9 Å². The van der Waals surface area contributed by atoms with E-state index in [9.17, 15) is 9.59 Å². The second-order valence-corrected chi connectivity index (χ2v) is 11.3. The number of rotatable bonds is 3. The molecule has 8 heteroatoms. The molecule has 0 aliphatic carbocycles. The van der Waals surface area contributed by atoms with Crippen LogP contribution in [-0.4, -0.2) is 33.4 Å². The summed E-state index contributed by atoms with van der Waals surface area (Å²) in [6.07, 6.45) is -1.20. The van der Waals surface area contributed by atoms with Crippen LogP contribution in [0.1, 0.15) is 79.3 Å². The minimum Gasteiger partial charge on any atom is -0.444 e. The van der Waals surface area contributed by atoms with Crippen molar-refractivity contribution in [1.29, 1.82) is 0 Å². The van der Waals surface area contributed by atoms with Gasteiger partial charge in [-0.3, -0.25) is 5.32 Å². The first-order valence-electron chi connectivity index (χ1n) is 11.4. The summed E-state index contributed by atoms with van der Waals surface area (Å²) < 4.78 is 11.2. The summed E-state index contributed by atoms with van der Waals surface area (Å²) >= 11 is 0. The van der Waals surface area contributed by atoms with Gasteiger partial charge >= 0.3 is 12.2 Å². The van der Waals surface area contributed by atoms with E-state index in [-0.39, 0.29) is 0 Å². The van der Waals surface area contributed by atoms with Gasteiger partial charge in [0.1, 0.15) is 22.8 Å². The number of carbonyl (C=O) groups excluding carboxylic acids is 2. The number of aromatic nitrogens is 2. The van der Waals surface area contributed by atoms with Gasteiger partial charge in [0.2, 0.25) is 0 Å². The molecular weight excluding hydrogens is 432 g/mol. The second kappa shape index (κ2) is 9.60. The summed E-state index contributed by atoms with van der Waals surface area (Å²) in [7, 11) is 0. The normalized spacial score (nSPS) is 12.2. The zero-order chi connectivity index (χ0) is 26.1. The maximum absolute atomic E-state index is 13.5. The maximum Gasteiger partial charge on any atom is 0.420 e. The highest BCUT2D eigenvalue weighted by Gasteiger charge is 2.34. The van der Waals surface area contributed by atoms with Crippen molar-refractivity contribution in [2.75, 3.05) is 10.2 Å². The lowest BCUT2D eigenvalue weighted by molar-refractivity contribution is 0.0595. The number of anilines is 3. The Morgan fingerprint density at radius 3 is 1.94 bits per heavy atom. The Hall–Kier alpha value is -3.16. The van der Waals surface area contributed by atoms with Crippen LogP contribution in [0.2, 0.25) is 0 Å². The van der Waals surface area contributed by atoms with Crippen molar-refractivity contribution in [3.8, 4) is 0 Å². The highest BCUT2D eigenvalue weighted by atomic mass is 16.6. The number of hydrogen-bond acceptors (Lipinski definition) is 6. The van der Waals surface area contributed by atoms with Crippen molar-refractivity contribution in [1.82, 2.24) is 9.97 Å². The first-order valence-corrected chi connectivity index (χ1v) is 11.4.